The van der Waals surface area contributed by atoms with E-state index in [1.165, 1.54) is 6.42 Å². The van der Waals surface area contributed by atoms with Crippen LogP contribution < -0.4 is 15.4 Å². The molecule has 1 heterocycles. The first-order valence-corrected chi connectivity index (χ1v) is 11.5. The Labute approximate surface area is 198 Å². The first-order chi connectivity index (χ1) is 15.4. The molecule has 1 aliphatic carbocycles. The molecule has 4 rings (SSSR count). The summed E-state index contributed by atoms with van der Waals surface area (Å²) in [5.41, 5.74) is 0.200. The zero-order valence-corrected chi connectivity index (χ0v) is 19.3. The molecule has 0 saturated heterocycles. The minimum absolute atomic E-state index is 0.0660. The van der Waals surface area contributed by atoms with Crippen molar-refractivity contribution in [2.75, 3.05) is 10.6 Å². The summed E-state index contributed by atoms with van der Waals surface area (Å²) < 4.78 is 47.8. The fraction of sp³-hybridized carbons (Fsp3) is 0.304. The second kappa shape index (κ2) is 9.93. The average molecular weight is 554 g/mol. The maximum absolute atomic E-state index is 13.6. The van der Waals surface area contributed by atoms with Crippen LogP contribution in [0.1, 0.15) is 37.7 Å². The van der Waals surface area contributed by atoms with E-state index in [4.69, 9.17) is 4.74 Å². The van der Waals surface area contributed by atoms with Gasteiger partial charge in [0.15, 0.2) is 0 Å². The standard InChI is InChI=1S/C23H22F3IN4O/c24-23(25,26)20-14-28-22(30-16-11-9-15(27)10-12-16)31-21(20)29-17-5-4-8-19(13-17)32-18-6-2-1-3-7-18/h4-5,8-14,18H,1-3,6-7H2,(H2,28,29,30,31). The molecular formula is C23H22F3IN4O. The Kier molecular flexibility index (Phi) is 7.02. The largest absolute Gasteiger partial charge is 0.490 e. The van der Waals surface area contributed by atoms with Crippen LogP contribution in [-0.2, 0) is 6.18 Å². The van der Waals surface area contributed by atoms with Crippen LogP contribution in [0.3, 0.4) is 0 Å². The summed E-state index contributed by atoms with van der Waals surface area (Å²) in [5, 5.41) is 5.74. The van der Waals surface area contributed by atoms with Crippen LogP contribution in [-0.4, -0.2) is 16.1 Å². The van der Waals surface area contributed by atoms with E-state index in [1.807, 2.05) is 30.3 Å². The minimum Gasteiger partial charge on any atom is -0.490 e. The van der Waals surface area contributed by atoms with Gasteiger partial charge in [-0.25, -0.2) is 4.98 Å². The molecule has 0 aliphatic heterocycles. The molecule has 1 aromatic heterocycles. The predicted octanol–water partition coefficient (Wildman–Crippen LogP) is 7.30. The third-order valence-electron chi connectivity index (χ3n) is 5.15. The van der Waals surface area contributed by atoms with Crippen LogP contribution in [0.4, 0.5) is 36.3 Å². The first-order valence-electron chi connectivity index (χ1n) is 10.4. The third-order valence-corrected chi connectivity index (χ3v) is 5.87. The van der Waals surface area contributed by atoms with Crippen LogP contribution in [0, 0.1) is 3.57 Å². The number of alkyl halides is 3. The lowest BCUT2D eigenvalue weighted by Gasteiger charge is -2.23. The minimum atomic E-state index is -4.60. The number of nitrogens with zero attached hydrogens (tertiary/aromatic N) is 2. The molecule has 3 aromatic rings. The van der Waals surface area contributed by atoms with Crippen LogP contribution in [0.2, 0.25) is 0 Å². The van der Waals surface area contributed by atoms with Crippen molar-refractivity contribution in [2.24, 2.45) is 0 Å². The highest BCUT2D eigenvalue weighted by atomic mass is 127. The van der Waals surface area contributed by atoms with Gasteiger partial charge < -0.3 is 15.4 Å². The van der Waals surface area contributed by atoms with E-state index in [-0.39, 0.29) is 17.9 Å². The molecule has 1 fully saturated rings. The Balaban J connectivity index is 1.56. The number of halogens is 4. The van der Waals surface area contributed by atoms with Gasteiger partial charge in [-0.15, -0.1) is 0 Å². The van der Waals surface area contributed by atoms with E-state index in [1.54, 1.807) is 18.2 Å². The number of nitrogens with one attached hydrogen (secondary N) is 2. The van der Waals surface area contributed by atoms with E-state index in [0.717, 1.165) is 35.5 Å². The molecule has 5 nitrogen and oxygen atoms in total. The van der Waals surface area contributed by atoms with E-state index >= 15 is 0 Å². The number of hydrogen-bond acceptors (Lipinski definition) is 5. The predicted molar refractivity (Wildman–Crippen MR) is 127 cm³/mol. The van der Waals surface area contributed by atoms with Gasteiger partial charge in [0.2, 0.25) is 5.95 Å². The van der Waals surface area contributed by atoms with Gasteiger partial charge in [0.25, 0.3) is 0 Å². The molecule has 0 amide bonds. The van der Waals surface area contributed by atoms with Crippen molar-refractivity contribution < 1.29 is 17.9 Å². The van der Waals surface area contributed by atoms with E-state index in [2.05, 4.69) is 43.2 Å². The quantitative estimate of drug-likeness (QED) is 0.314. The fourth-order valence-corrected chi connectivity index (χ4v) is 3.93. The van der Waals surface area contributed by atoms with Gasteiger partial charge in [-0.2, -0.15) is 18.2 Å². The zero-order chi connectivity index (χ0) is 22.6. The fourth-order valence-electron chi connectivity index (χ4n) is 3.57. The molecule has 0 radical (unpaired) electrons. The van der Waals surface area contributed by atoms with Gasteiger partial charge in [0.05, 0.1) is 6.10 Å². The van der Waals surface area contributed by atoms with Crippen molar-refractivity contribution in [3.05, 3.63) is 63.9 Å². The van der Waals surface area contributed by atoms with Gasteiger partial charge in [-0.1, -0.05) is 12.5 Å². The summed E-state index contributed by atoms with van der Waals surface area (Å²) >= 11 is 2.17. The molecule has 0 bridgehead atoms. The van der Waals surface area contributed by atoms with E-state index in [9.17, 15) is 13.2 Å². The zero-order valence-electron chi connectivity index (χ0n) is 17.1. The van der Waals surface area contributed by atoms with Crippen molar-refractivity contribution in [1.82, 2.24) is 9.97 Å². The lowest BCUT2D eigenvalue weighted by atomic mass is 9.98. The monoisotopic (exact) mass is 554 g/mol. The van der Waals surface area contributed by atoms with E-state index in [0.29, 0.717) is 17.1 Å². The van der Waals surface area contributed by atoms with Gasteiger partial charge >= 0.3 is 6.18 Å². The lowest BCUT2D eigenvalue weighted by molar-refractivity contribution is -0.137. The lowest BCUT2D eigenvalue weighted by Crippen LogP contribution is -2.19. The summed E-state index contributed by atoms with van der Waals surface area (Å²) in [6.45, 7) is 0. The van der Waals surface area contributed by atoms with Crippen molar-refractivity contribution in [3.63, 3.8) is 0 Å². The van der Waals surface area contributed by atoms with Crippen LogP contribution in [0.25, 0.3) is 0 Å². The number of rotatable bonds is 6. The summed E-state index contributed by atoms with van der Waals surface area (Å²) in [5.74, 6) is 0.369. The number of anilines is 4. The van der Waals surface area contributed by atoms with Crippen molar-refractivity contribution in [3.8, 4) is 5.75 Å². The summed E-state index contributed by atoms with van der Waals surface area (Å²) in [6, 6.07) is 14.3. The Bertz CT molecular complexity index is 1050. The molecule has 1 saturated carbocycles. The van der Waals surface area contributed by atoms with Gasteiger partial charge in [-0.3, -0.25) is 0 Å². The Morgan fingerprint density at radius 3 is 2.41 bits per heavy atom. The highest BCUT2D eigenvalue weighted by Crippen LogP contribution is 2.36. The van der Waals surface area contributed by atoms with Gasteiger partial charge in [0, 0.05) is 27.2 Å². The molecule has 0 atom stereocenters. The topological polar surface area (TPSA) is 59.1 Å². The van der Waals surface area contributed by atoms with Crippen LogP contribution in [0.15, 0.2) is 54.7 Å². The Morgan fingerprint density at radius 2 is 1.69 bits per heavy atom. The maximum Gasteiger partial charge on any atom is 0.421 e. The van der Waals surface area contributed by atoms with E-state index < -0.39 is 11.7 Å². The van der Waals surface area contributed by atoms with Crippen molar-refractivity contribution in [1.29, 1.82) is 0 Å². The second-order valence-corrected chi connectivity index (χ2v) is 8.86. The van der Waals surface area contributed by atoms with Crippen LogP contribution >= 0.6 is 22.6 Å². The molecule has 1 aliphatic rings. The molecule has 0 unspecified atom stereocenters. The summed E-state index contributed by atoms with van der Waals surface area (Å²) in [6.07, 6.45) is 1.81. The molecule has 2 N–H and O–H groups in total. The molecule has 2 aromatic carbocycles. The summed E-state index contributed by atoms with van der Waals surface area (Å²) in [4.78, 5) is 7.95. The highest BCUT2D eigenvalue weighted by molar-refractivity contribution is 14.1. The van der Waals surface area contributed by atoms with Crippen LogP contribution in [0.5, 0.6) is 5.75 Å². The summed E-state index contributed by atoms with van der Waals surface area (Å²) in [7, 11) is 0. The number of aromatic nitrogens is 2. The molecule has 0 spiro atoms. The maximum atomic E-state index is 13.6. The SMILES string of the molecule is FC(F)(F)c1cnc(Nc2ccc(I)cc2)nc1Nc1cccc(OC2CCCCC2)c1. The first kappa shape index (κ1) is 22.6. The van der Waals surface area contributed by atoms with Gasteiger partial charge in [0.1, 0.15) is 17.1 Å². The molecular weight excluding hydrogens is 532 g/mol. The Hall–Kier alpha value is -2.56. The number of ether oxygens (including phenoxy) is 1. The average Bonchev–Trinajstić information content (AvgIpc) is 2.76. The van der Waals surface area contributed by atoms with Gasteiger partial charge in [-0.05, 0) is 84.7 Å². The second-order valence-electron chi connectivity index (χ2n) is 7.62. The van der Waals surface area contributed by atoms with Crippen molar-refractivity contribution >= 4 is 45.7 Å². The normalized spacial score (nSPS) is 14.8. The van der Waals surface area contributed by atoms with Crippen molar-refractivity contribution in [2.45, 2.75) is 44.4 Å². The smallest absolute Gasteiger partial charge is 0.421 e. The number of hydrogen-bond donors (Lipinski definition) is 2. The molecule has 9 heteroatoms. The third kappa shape index (κ3) is 6.02. The number of benzene rings is 2. The Morgan fingerprint density at radius 1 is 0.938 bits per heavy atom. The highest BCUT2D eigenvalue weighted by Gasteiger charge is 2.35. The molecule has 32 heavy (non-hydrogen) atoms. The molecule has 168 valence electrons.